The van der Waals surface area contributed by atoms with Gasteiger partial charge in [-0.15, -0.1) is 0 Å². The van der Waals surface area contributed by atoms with Crippen molar-refractivity contribution in [2.24, 2.45) is 17.8 Å². The fourth-order valence-electron chi connectivity index (χ4n) is 9.81. The van der Waals surface area contributed by atoms with Gasteiger partial charge in [0.1, 0.15) is 18.1 Å². The van der Waals surface area contributed by atoms with Crippen molar-refractivity contribution in [1.82, 2.24) is 4.90 Å². The van der Waals surface area contributed by atoms with Gasteiger partial charge in [0.05, 0.1) is 93.8 Å². The van der Waals surface area contributed by atoms with E-state index in [9.17, 15) is 75.3 Å². The van der Waals surface area contributed by atoms with E-state index in [1.165, 1.54) is 20.3 Å². The lowest BCUT2D eigenvalue weighted by atomic mass is 9.82. The normalized spacial score (nSPS) is 36.6. The van der Waals surface area contributed by atoms with Crippen LogP contribution in [-0.2, 0) is 47.6 Å². The molecule has 0 aromatic rings. The molecule has 0 radical (unpaired) electrons. The number of aliphatic hydroxyl groups excluding tert-OH is 9. The number of carboxylic acid groups (broad SMARTS) is 1. The minimum atomic E-state index is -2.40. The number of methoxy groups -OCH3 is 2. The quantitative estimate of drug-likeness (QED) is 0.0983. The minimum absolute atomic E-state index is 0.0174. The summed E-state index contributed by atoms with van der Waals surface area (Å²) in [4.78, 5) is 51.3. The van der Waals surface area contributed by atoms with E-state index in [1.807, 2.05) is 13.0 Å². The number of hydrogen-bond donors (Lipinski definition) is 11. The molecule has 1 unspecified atom stereocenters. The highest BCUT2D eigenvalue weighted by Crippen LogP contribution is 2.38. The fraction of sp³-hybridized carbons (Fsp3) is 0.684. The molecule has 0 saturated carbocycles. The Morgan fingerprint density at radius 3 is 1.72 bits per heavy atom. The number of carbonyl (C=O) groups is 4. The summed E-state index contributed by atoms with van der Waals surface area (Å²) in [6.07, 6.45) is 2.64. The summed E-state index contributed by atoms with van der Waals surface area (Å²) in [6.45, 7) is 7.09. The van der Waals surface area contributed by atoms with E-state index in [4.69, 9.17) is 28.4 Å². The Morgan fingerprint density at radius 1 is 0.633 bits per heavy atom. The maximum atomic E-state index is 12.8. The molecule has 0 amide bonds. The van der Waals surface area contributed by atoms with Crippen LogP contribution in [0.3, 0.4) is 0 Å². The molecule has 0 aromatic heterocycles. The van der Waals surface area contributed by atoms with Crippen molar-refractivity contribution in [1.29, 1.82) is 0 Å². The molecule has 19 atom stereocenters. The smallest absolute Gasteiger partial charge is 0.311 e. The molecule has 11 N–H and O–H groups in total. The zero-order chi connectivity index (χ0) is 58.8. The van der Waals surface area contributed by atoms with Gasteiger partial charge < -0.3 is 84.6 Å². The van der Waals surface area contributed by atoms with E-state index in [0.717, 1.165) is 0 Å². The summed E-state index contributed by atoms with van der Waals surface area (Å²) >= 11 is 0. The van der Waals surface area contributed by atoms with Crippen LogP contribution in [0.15, 0.2) is 85.1 Å². The van der Waals surface area contributed by atoms with E-state index in [0.29, 0.717) is 0 Å². The molecule has 22 heteroatoms. The number of aliphatic carboxylic acids is 1. The monoisotopic (exact) mass is 1120 g/mol. The molecule has 448 valence electrons. The van der Waals surface area contributed by atoms with Gasteiger partial charge in [0.2, 0.25) is 0 Å². The second-order valence-corrected chi connectivity index (χ2v) is 20.9. The third-order valence-corrected chi connectivity index (χ3v) is 14.5. The number of hydrogen-bond acceptors (Lipinski definition) is 21. The number of cyclic esters (lactones) is 1. The van der Waals surface area contributed by atoms with Crippen LogP contribution >= 0.6 is 0 Å². The topological polar surface area (TPSA) is 349 Å². The molecule has 22 nitrogen and oxygen atoms in total. The molecule has 2 fully saturated rings. The van der Waals surface area contributed by atoms with Crippen molar-refractivity contribution in [3.05, 3.63) is 85.1 Å². The Kier molecular flexibility index (Phi) is 30.8. The minimum Gasteiger partial charge on any atom is -0.481 e. The van der Waals surface area contributed by atoms with Crippen molar-refractivity contribution in [3.63, 3.8) is 0 Å². The highest BCUT2D eigenvalue weighted by Gasteiger charge is 2.51. The van der Waals surface area contributed by atoms with Crippen molar-refractivity contribution in [2.75, 3.05) is 27.3 Å². The van der Waals surface area contributed by atoms with Crippen LogP contribution in [0.25, 0.3) is 0 Å². The zero-order valence-electron chi connectivity index (χ0n) is 46.3. The van der Waals surface area contributed by atoms with Crippen LogP contribution in [0.1, 0.15) is 105 Å². The van der Waals surface area contributed by atoms with Gasteiger partial charge >= 0.3 is 23.9 Å². The van der Waals surface area contributed by atoms with Crippen LogP contribution in [0.4, 0.5) is 0 Å². The summed E-state index contributed by atoms with van der Waals surface area (Å²) in [5.74, 6) is -8.03. The number of rotatable bonds is 12. The van der Waals surface area contributed by atoms with Crippen molar-refractivity contribution in [2.45, 2.75) is 202 Å². The van der Waals surface area contributed by atoms with Crippen molar-refractivity contribution in [3.8, 4) is 0 Å². The van der Waals surface area contributed by atoms with E-state index in [-0.39, 0.29) is 64.0 Å². The van der Waals surface area contributed by atoms with E-state index in [1.54, 1.807) is 98.6 Å². The molecular formula is C57H89NO21. The van der Waals surface area contributed by atoms with E-state index in [2.05, 4.69) is 0 Å². The number of nitrogens with zero attached hydrogens (tertiary/aromatic N) is 1. The number of ether oxygens (including phenoxy) is 6. The standard InChI is InChI=1S/C57H89NO21/c1-35-21-17-15-13-11-9-7-8-10-12-14-16-18-22-42(78-56-54(70)51(53(69)38(4)77-56)58(27-19-23-47(65)74-5)28-20-24-48(66)75-6)32-46-50(55(71)72)45(64)34-57(73,79-46)33-41(61)30-44(63)43(62)26-25-39(59)29-40(60)31-49(67)76-37(3)36(2)52(35)68/h7-18,21-22,35-46,50-54,56,59-64,68-70,73H,19-20,23-34H2,1-6H3,(H,71,72)/t35-,36-,37-,38+,39+,40+,41-,42-,43+,44+,45-,46?,50+,51-,52+,53+,54-,56-,57+/m0/s1. The molecule has 3 rings (SSSR count). The molecule has 0 aromatic carbocycles. The zero-order valence-corrected chi connectivity index (χ0v) is 46.3. The largest absolute Gasteiger partial charge is 0.481 e. The molecule has 0 spiro atoms. The maximum absolute atomic E-state index is 12.8. The van der Waals surface area contributed by atoms with Gasteiger partial charge in [0.25, 0.3) is 0 Å². The average molecular weight is 1120 g/mol. The molecular weight excluding hydrogens is 1030 g/mol. The SMILES string of the molecule is COC(=O)CCCN(CCCC(=O)OC)[C@@H]1[C@H](O)[C@H](O[C@H]2C=CC=CC=CC=CC=CC=CC=C[C@H](C)[C@@H](O)[C@@H](C)[C@H](C)OC(=O)C[C@H](O)C[C@H](O)CC[C@@H](O)[C@H](O)C[C@H](O)C[C@]3(O)C[C@H](O)[C@@H](C(=O)O)C(C2)O3)O[C@H](C)[C@H]1O. The molecule has 2 saturated heterocycles. The fourth-order valence-corrected chi connectivity index (χ4v) is 9.81. The predicted molar refractivity (Wildman–Crippen MR) is 287 cm³/mol. The van der Waals surface area contributed by atoms with Gasteiger partial charge in [-0.3, -0.25) is 24.1 Å². The van der Waals surface area contributed by atoms with Crippen LogP contribution in [0, 0.1) is 17.8 Å². The summed E-state index contributed by atoms with van der Waals surface area (Å²) < 4.78 is 33.5. The Labute approximate surface area is 463 Å². The summed E-state index contributed by atoms with van der Waals surface area (Å²) in [5, 5.41) is 122. The Hall–Kier alpha value is -4.50. The lowest BCUT2D eigenvalue weighted by molar-refractivity contribution is -0.312. The Bertz CT molecular complexity index is 2040. The number of aliphatic hydroxyl groups is 10. The Morgan fingerprint density at radius 2 is 1.18 bits per heavy atom. The third-order valence-electron chi connectivity index (χ3n) is 14.5. The first-order valence-electron chi connectivity index (χ1n) is 27.2. The van der Waals surface area contributed by atoms with E-state index >= 15 is 0 Å². The van der Waals surface area contributed by atoms with Gasteiger partial charge in [-0.25, -0.2) is 0 Å². The van der Waals surface area contributed by atoms with Crippen LogP contribution in [0.2, 0.25) is 0 Å². The highest BCUT2D eigenvalue weighted by atomic mass is 16.7. The molecule has 2 bridgehead atoms. The van der Waals surface area contributed by atoms with Gasteiger partial charge in [-0.1, -0.05) is 98.9 Å². The highest BCUT2D eigenvalue weighted by molar-refractivity contribution is 5.72. The number of esters is 3. The van der Waals surface area contributed by atoms with Crippen molar-refractivity contribution >= 4 is 23.9 Å². The van der Waals surface area contributed by atoms with Gasteiger partial charge in [0, 0.05) is 50.4 Å². The van der Waals surface area contributed by atoms with Crippen LogP contribution in [-0.4, -0.2) is 210 Å². The number of carboxylic acids is 1. The van der Waals surface area contributed by atoms with Crippen molar-refractivity contribution < 1.29 is 104 Å². The average Bonchev–Trinajstić information content (AvgIpc) is 3.42. The number of fused-ring (bicyclic) bond motifs is 2. The van der Waals surface area contributed by atoms with E-state index < -0.39 is 165 Å². The van der Waals surface area contributed by atoms with Crippen LogP contribution < -0.4 is 0 Å². The van der Waals surface area contributed by atoms with Gasteiger partial charge in [-0.2, -0.15) is 0 Å². The number of allylic oxidation sites excluding steroid dienone is 12. The van der Waals surface area contributed by atoms with Gasteiger partial charge in [0.15, 0.2) is 12.1 Å². The predicted octanol–water partition coefficient (Wildman–Crippen LogP) is 1.96. The summed E-state index contributed by atoms with van der Waals surface area (Å²) in [7, 11) is 2.50. The number of carbonyl (C=O) groups excluding carboxylic acids is 3. The second-order valence-electron chi connectivity index (χ2n) is 20.9. The first-order valence-corrected chi connectivity index (χ1v) is 27.2. The lowest BCUT2D eigenvalue weighted by Crippen LogP contribution is -2.64. The molecule has 3 aliphatic rings. The maximum Gasteiger partial charge on any atom is 0.311 e. The molecule has 79 heavy (non-hydrogen) atoms. The molecule has 0 aliphatic carbocycles. The van der Waals surface area contributed by atoms with Gasteiger partial charge in [-0.05, 0) is 59.0 Å². The third kappa shape index (κ3) is 24.2. The second kappa shape index (κ2) is 35.4. The Balaban J connectivity index is 1.98. The molecule has 3 heterocycles. The lowest BCUT2D eigenvalue weighted by Gasteiger charge is -2.47. The van der Waals surface area contributed by atoms with Crippen LogP contribution in [0.5, 0.6) is 0 Å². The first kappa shape index (κ1) is 68.8. The molecule has 3 aliphatic heterocycles. The summed E-state index contributed by atoms with van der Waals surface area (Å²) in [6, 6.07) is -1.08. The first-order chi connectivity index (χ1) is 37.4. The summed E-state index contributed by atoms with van der Waals surface area (Å²) in [5.41, 5.74) is 0.